The average molecular weight is 531 g/mol. The van der Waals surface area contributed by atoms with Crippen LogP contribution in [0.15, 0.2) is 106 Å². The predicted molar refractivity (Wildman–Crippen MR) is 129 cm³/mol. The van der Waals surface area contributed by atoms with E-state index in [2.05, 4.69) is 4.36 Å². The Morgan fingerprint density at radius 3 is 1.62 bits per heavy atom. The van der Waals surface area contributed by atoms with Crippen LogP contribution in [-0.4, -0.2) is 13.8 Å². The van der Waals surface area contributed by atoms with E-state index in [4.69, 9.17) is 4.15 Å². The molecule has 32 heavy (non-hydrogen) atoms. The van der Waals surface area contributed by atoms with Gasteiger partial charge in [-0.2, -0.15) is 0 Å². The van der Waals surface area contributed by atoms with E-state index >= 15 is 0 Å². The Morgan fingerprint density at radius 2 is 1.16 bits per heavy atom. The van der Waals surface area contributed by atoms with E-state index in [-0.39, 0.29) is 10.1 Å². The second-order valence-corrected chi connectivity index (χ2v) is 15.0. The summed E-state index contributed by atoms with van der Waals surface area (Å²) < 4.78 is 52.5. The van der Waals surface area contributed by atoms with E-state index in [9.17, 15) is 13.2 Å². The summed E-state index contributed by atoms with van der Waals surface area (Å²) >= 11 is -0.572. The first-order chi connectivity index (χ1) is 15.6. The zero-order chi connectivity index (χ0) is 22.1. The van der Waals surface area contributed by atoms with Crippen molar-refractivity contribution >= 4 is 56.2 Å². The molecule has 1 atom stereocenters. The number of hydrogen-bond donors (Lipinski definition) is 0. The van der Waals surface area contributed by atoms with Crippen LogP contribution in [0.2, 0.25) is 0 Å². The second-order valence-electron chi connectivity index (χ2n) is 6.96. The molecule has 0 aliphatic carbocycles. The van der Waals surface area contributed by atoms with Crippen molar-refractivity contribution < 1.29 is 13.2 Å². The molecule has 4 aromatic carbocycles. The molecule has 8 heteroatoms. The quantitative estimate of drug-likeness (QED) is 0.204. The molecule has 2 nitrogen and oxygen atoms in total. The number of benzene rings is 4. The van der Waals surface area contributed by atoms with Gasteiger partial charge in [-0.15, -0.1) is 0 Å². The molecule has 0 spiro atoms. The van der Waals surface area contributed by atoms with Crippen molar-refractivity contribution in [2.75, 3.05) is 0 Å². The molecule has 0 radical (unpaired) electrons. The topological polar surface area (TPSA) is 24.7 Å². The monoisotopic (exact) mass is 532 g/mol. The summed E-state index contributed by atoms with van der Waals surface area (Å²) in [7, 11) is -3.56. The van der Waals surface area contributed by atoms with Gasteiger partial charge in [0.1, 0.15) is 0 Å². The molecule has 1 unspecified atom stereocenters. The third-order valence-electron chi connectivity index (χ3n) is 5.01. The molecule has 4 aromatic rings. The SMILES string of the molecule is Fc1cc(F)c2c(c1F)N=S(N=P(c1ccccc1)(c1ccccc1)c1ccccc1)[Se]2. The molecule has 0 amide bonds. The summed E-state index contributed by atoms with van der Waals surface area (Å²) in [4.78, 5) is 0. The molecular weight excluding hydrogens is 515 g/mol. The van der Waals surface area contributed by atoms with Crippen molar-refractivity contribution in [3.05, 3.63) is 115 Å². The van der Waals surface area contributed by atoms with Crippen LogP contribution >= 0.6 is 7.05 Å². The van der Waals surface area contributed by atoms with Gasteiger partial charge >= 0.3 is 192 Å². The average Bonchev–Trinajstić information content (AvgIpc) is 3.27. The second kappa shape index (κ2) is 8.84. The number of hydrogen-bond acceptors (Lipinski definition) is 2. The number of rotatable bonds is 4. The molecule has 0 bridgehead atoms. The van der Waals surface area contributed by atoms with E-state index in [1.54, 1.807) is 0 Å². The van der Waals surface area contributed by atoms with E-state index < -0.39 is 47.6 Å². The Labute approximate surface area is 192 Å². The summed E-state index contributed by atoms with van der Waals surface area (Å²) in [5.41, 5.74) is -0.220. The van der Waals surface area contributed by atoms with Crippen LogP contribution in [0, 0.1) is 17.5 Å². The van der Waals surface area contributed by atoms with E-state index in [1.807, 2.05) is 91.0 Å². The van der Waals surface area contributed by atoms with E-state index in [0.717, 1.165) is 15.9 Å². The molecule has 160 valence electrons. The summed E-state index contributed by atoms with van der Waals surface area (Å²) in [5, 5.41) is 3.08. The van der Waals surface area contributed by atoms with Gasteiger partial charge in [-0.3, -0.25) is 0 Å². The van der Waals surface area contributed by atoms with Gasteiger partial charge < -0.3 is 0 Å². The van der Waals surface area contributed by atoms with Gasteiger partial charge in [-0.05, 0) is 0 Å². The van der Waals surface area contributed by atoms with E-state index in [1.165, 1.54) is 0 Å². The molecule has 5 rings (SSSR count). The molecule has 0 N–H and O–H groups in total. The summed E-state index contributed by atoms with van der Waals surface area (Å²) in [5.74, 6) is -3.08. The number of fused-ring (bicyclic) bond motifs is 1. The minimum atomic E-state index is -2.55. The minimum absolute atomic E-state index is 0.149. The Bertz CT molecular complexity index is 1280. The third kappa shape index (κ3) is 3.70. The Hall–Kier alpha value is -2.43. The van der Waals surface area contributed by atoms with Gasteiger partial charge in [0.2, 0.25) is 0 Å². The molecule has 1 aliphatic heterocycles. The summed E-state index contributed by atoms with van der Waals surface area (Å²) in [6.45, 7) is 0. The van der Waals surface area contributed by atoms with Gasteiger partial charge in [-0.1, -0.05) is 0 Å². The molecule has 0 saturated heterocycles. The third-order valence-corrected chi connectivity index (χ3v) is 14.9. The van der Waals surface area contributed by atoms with Gasteiger partial charge in [0.15, 0.2) is 0 Å². The fraction of sp³-hybridized carbons (Fsp3) is 0. The molecular formula is C24H16F3N2PSSe. The Morgan fingerprint density at radius 1 is 0.688 bits per heavy atom. The summed E-state index contributed by atoms with van der Waals surface area (Å²) in [6.07, 6.45) is 0. The van der Waals surface area contributed by atoms with Crippen LogP contribution in [0.25, 0.3) is 0 Å². The van der Waals surface area contributed by atoms with Crippen molar-refractivity contribution in [3.63, 3.8) is 0 Å². The van der Waals surface area contributed by atoms with Crippen LogP contribution in [-0.2, 0) is 9.30 Å². The molecule has 1 aliphatic rings. The summed E-state index contributed by atoms with van der Waals surface area (Å²) in [6, 6.07) is 30.5. The first-order valence-electron chi connectivity index (χ1n) is 9.71. The van der Waals surface area contributed by atoms with Crippen molar-refractivity contribution in [1.82, 2.24) is 0 Å². The van der Waals surface area contributed by atoms with Crippen LogP contribution in [0.3, 0.4) is 0 Å². The van der Waals surface area contributed by atoms with Crippen molar-refractivity contribution in [2.24, 2.45) is 8.51 Å². The molecule has 0 fully saturated rings. The van der Waals surface area contributed by atoms with Crippen LogP contribution in [0.4, 0.5) is 18.9 Å². The van der Waals surface area contributed by atoms with Crippen molar-refractivity contribution in [1.29, 1.82) is 0 Å². The van der Waals surface area contributed by atoms with Crippen LogP contribution in [0.5, 0.6) is 0 Å². The normalized spacial score (nSPS) is 15.2. The van der Waals surface area contributed by atoms with Gasteiger partial charge in [0.25, 0.3) is 0 Å². The zero-order valence-electron chi connectivity index (χ0n) is 16.5. The predicted octanol–water partition coefficient (Wildman–Crippen LogP) is 4.89. The van der Waals surface area contributed by atoms with Crippen molar-refractivity contribution in [3.8, 4) is 0 Å². The van der Waals surface area contributed by atoms with Crippen LogP contribution in [0.1, 0.15) is 0 Å². The van der Waals surface area contributed by atoms with E-state index in [0.29, 0.717) is 6.07 Å². The van der Waals surface area contributed by atoms with Gasteiger partial charge in [0, 0.05) is 0 Å². The fourth-order valence-electron chi connectivity index (χ4n) is 3.56. The Balaban J connectivity index is 1.83. The fourth-order valence-corrected chi connectivity index (χ4v) is 14.9. The maximum atomic E-state index is 14.4. The molecule has 0 aromatic heterocycles. The van der Waals surface area contributed by atoms with Crippen molar-refractivity contribution in [2.45, 2.75) is 0 Å². The molecule has 0 saturated carbocycles. The first kappa shape index (κ1) is 21.4. The molecule has 1 heterocycles. The standard InChI is InChI=1S/C24H16F3N2PSSe/c25-20-16-21(26)24-23(22(20)27)28-31(32-24)29-30(17-10-4-1-5-11-17,18-12-6-2-7-13-18)19-14-8-3-9-15-19/h1-16H. The first-order valence-corrected chi connectivity index (χ1v) is 15.5. The van der Waals surface area contributed by atoms with Gasteiger partial charge in [0.05, 0.1) is 0 Å². The van der Waals surface area contributed by atoms with Gasteiger partial charge in [-0.25, -0.2) is 0 Å². The number of nitrogens with zero attached hydrogens (tertiary/aromatic N) is 2. The van der Waals surface area contributed by atoms with Crippen LogP contribution < -0.4 is 20.4 Å². The Kier molecular flexibility index (Phi) is 5.91. The maximum absolute atomic E-state index is 14.4. The number of halogens is 3. The zero-order valence-corrected chi connectivity index (χ0v) is 20.0.